The molecule has 2 aliphatic rings. The van der Waals surface area contributed by atoms with E-state index in [1.54, 1.807) is 12.4 Å². The summed E-state index contributed by atoms with van der Waals surface area (Å²) in [6.07, 6.45) is 5.57. The lowest BCUT2D eigenvalue weighted by Gasteiger charge is -2.13. The molecule has 2 heterocycles. The molecule has 0 aliphatic heterocycles. The summed E-state index contributed by atoms with van der Waals surface area (Å²) in [6.45, 7) is 0. The zero-order chi connectivity index (χ0) is 16.1. The number of nitrogens with one attached hydrogen (secondary N) is 2. The van der Waals surface area contributed by atoms with E-state index in [1.165, 1.54) is 0 Å². The first kappa shape index (κ1) is 13.5. The topological polar surface area (TPSA) is 57.8 Å². The van der Waals surface area contributed by atoms with Crippen LogP contribution in [-0.2, 0) is 6.42 Å². The van der Waals surface area contributed by atoms with E-state index in [2.05, 4.69) is 15.3 Å². The van der Waals surface area contributed by atoms with Gasteiger partial charge in [0.25, 0.3) is 0 Å². The predicted octanol–water partition coefficient (Wildman–Crippen LogP) is 4.20. The average Bonchev–Trinajstić information content (AvgIpc) is 3.32. The van der Waals surface area contributed by atoms with Crippen molar-refractivity contribution in [2.24, 2.45) is 11.8 Å². The maximum absolute atomic E-state index is 12.8. The van der Waals surface area contributed by atoms with Gasteiger partial charge in [-0.1, -0.05) is 18.2 Å². The Morgan fingerprint density at radius 2 is 1.88 bits per heavy atom. The van der Waals surface area contributed by atoms with Gasteiger partial charge in [-0.15, -0.1) is 0 Å². The highest BCUT2D eigenvalue weighted by molar-refractivity contribution is 6.09. The number of nitrogens with zero attached hydrogens (tertiary/aromatic N) is 1. The Morgan fingerprint density at radius 3 is 2.67 bits per heavy atom. The van der Waals surface area contributed by atoms with Crippen molar-refractivity contribution >= 4 is 17.2 Å². The summed E-state index contributed by atoms with van der Waals surface area (Å²) in [5.74, 6) is 1.06. The molecular weight excluding hydrogens is 298 g/mol. The van der Waals surface area contributed by atoms with Gasteiger partial charge in [0.15, 0.2) is 5.78 Å². The van der Waals surface area contributed by atoms with Gasteiger partial charge >= 0.3 is 0 Å². The highest BCUT2D eigenvalue weighted by Gasteiger charge is 2.49. The minimum absolute atomic E-state index is 0.231. The second kappa shape index (κ2) is 5.06. The zero-order valence-electron chi connectivity index (χ0n) is 13.1. The van der Waals surface area contributed by atoms with Gasteiger partial charge in [-0.25, -0.2) is 0 Å². The van der Waals surface area contributed by atoms with Crippen molar-refractivity contribution < 1.29 is 4.79 Å². The molecule has 0 bridgehead atoms. The molecule has 1 saturated carbocycles. The lowest BCUT2D eigenvalue weighted by atomic mass is 9.95. The number of Topliss-reactive ketones (excluding diaryl/α,β-unsaturated/α-hetero) is 1. The van der Waals surface area contributed by atoms with E-state index >= 15 is 0 Å². The number of H-pyrrole nitrogens is 1. The first-order chi connectivity index (χ1) is 11.8. The Bertz CT molecular complexity index is 915. The molecule has 2 atom stereocenters. The Balaban J connectivity index is 1.67. The fourth-order valence-electron chi connectivity index (χ4n) is 3.74. The molecule has 0 radical (unpaired) electrons. The van der Waals surface area contributed by atoms with E-state index in [1.807, 2.05) is 42.5 Å². The number of rotatable bonds is 3. The summed E-state index contributed by atoms with van der Waals surface area (Å²) < 4.78 is 0. The molecule has 1 unspecified atom stereocenters. The van der Waals surface area contributed by atoms with E-state index in [0.717, 1.165) is 46.7 Å². The molecule has 2 N–H and O–H groups in total. The third-order valence-electron chi connectivity index (χ3n) is 5.06. The number of hydrogen-bond donors (Lipinski definition) is 2. The molecular formula is C20H17N3O. The molecule has 1 aromatic carbocycles. The highest BCUT2D eigenvalue weighted by Crippen LogP contribution is 2.51. The van der Waals surface area contributed by atoms with Crippen LogP contribution in [0.5, 0.6) is 0 Å². The summed E-state index contributed by atoms with van der Waals surface area (Å²) >= 11 is 0. The Morgan fingerprint density at radius 1 is 1.08 bits per heavy atom. The number of benzene rings is 1. The molecule has 4 heteroatoms. The summed E-state index contributed by atoms with van der Waals surface area (Å²) in [4.78, 5) is 20.5. The number of hydrogen-bond acceptors (Lipinski definition) is 3. The van der Waals surface area contributed by atoms with E-state index in [-0.39, 0.29) is 11.7 Å². The fourth-order valence-corrected chi connectivity index (χ4v) is 3.74. The second-order valence-electron chi connectivity index (χ2n) is 6.63. The molecule has 2 aliphatic carbocycles. The van der Waals surface area contributed by atoms with Crippen LogP contribution >= 0.6 is 0 Å². The number of carbonyl (C=O) groups is 1. The molecule has 2 aromatic heterocycles. The second-order valence-corrected chi connectivity index (χ2v) is 6.63. The van der Waals surface area contributed by atoms with Crippen LogP contribution in [0.2, 0.25) is 0 Å². The first-order valence-electron chi connectivity index (χ1n) is 8.33. The molecule has 0 spiro atoms. The average molecular weight is 315 g/mol. The van der Waals surface area contributed by atoms with Crippen molar-refractivity contribution in [2.75, 3.05) is 5.32 Å². The van der Waals surface area contributed by atoms with Gasteiger partial charge in [0, 0.05) is 35.3 Å². The van der Waals surface area contributed by atoms with Crippen LogP contribution in [0.4, 0.5) is 11.4 Å². The molecule has 118 valence electrons. The van der Waals surface area contributed by atoms with Gasteiger partial charge in [-0.3, -0.25) is 9.78 Å². The molecule has 24 heavy (non-hydrogen) atoms. The maximum atomic E-state index is 12.8. The van der Waals surface area contributed by atoms with E-state index in [9.17, 15) is 4.79 Å². The largest absolute Gasteiger partial charge is 0.356 e. The first-order valence-corrected chi connectivity index (χ1v) is 8.33. The van der Waals surface area contributed by atoms with Crippen molar-refractivity contribution in [2.45, 2.75) is 12.8 Å². The van der Waals surface area contributed by atoms with E-state index in [4.69, 9.17) is 0 Å². The monoisotopic (exact) mass is 315 g/mol. The molecule has 4 nitrogen and oxygen atoms in total. The van der Waals surface area contributed by atoms with Gasteiger partial charge in [0.2, 0.25) is 0 Å². The van der Waals surface area contributed by atoms with Gasteiger partial charge in [-0.2, -0.15) is 0 Å². The van der Waals surface area contributed by atoms with Crippen LogP contribution in [0, 0.1) is 11.8 Å². The number of aromatic nitrogens is 2. The number of pyridine rings is 1. The van der Waals surface area contributed by atoms with Crippen LogP contribution in [0.15, 0.2) is 54.9 Å². The Kier molecular flexibility index (Phi) is 2.86. The van der Waals surface area contributed by atoms with Gasteiger partial charge in [0.1, 0.15) is 0 Å². The van der Waals surface area contributed by atoms with Crippen molar-refractivity contribution in [1.29, 1.82) is 0 Å². The Hall–Kier alpha value is -2.88. The standard InChI is InChI=1S/C20H17N3O/c24-20-15-10-13(15)11-16-17(20)19(22-14-4-2-1-3-5-14)18(23-16)12-6-8-21-9-7-12/h1-9,13,15,22-23H,10-11H2/t13?,15-/m0/s1. The minimum atomic E-state index is 0.231. The maximum Gasteiger partial charge on any atom is 0.170 e. The number of carbonyl (C=O) groups excluding carboxylic acids is 1. The zero-order valence-corrected chi connectivity index (χ0v) is 13.1. The van der Waals surface area contributed by atoms with Crippen LogP contribution in [-0.4, -0.2) is 15.8 Å². The van der Waals surface area contributed by atoms with Crippen molar-refractivity contribution in [3.63, 3.8) is 0 Å². The van der Waals surface area contributed by atoms with Crippen molar-refractivity contribution in [1.82, 2.24) is 9.97 Å². The highest BCUT2D eigenvalue weighted by atomic mass is 16.1. The van der Waals surface area contributed by atoms with Gasteiger partial charge in [-0.05, 0) is 43.0 Å². The lowest BCUT2D eigenvalue weighted by molar-refractivity contribution is 0.0955. The summed E-state index contributed by atoms with van der Waals surface area (Å²) in [5.41, 5.74) is 5.83. The molecule has 0 amide bonds. The van der Waals surface area contributed by atoms with E-state index < -0.39 is 0 Å². The van der Waals surface area contributed by atoms with Crippen LogP contribution < -0.4 is 5.32 Å². The van der Waals surface area contributed by atoms with Gasteiger partial charge < -0.3 is 10.3 Å². The van der Waals surface area contributed by atoms with Crippen LogP contribution in [0.3, 0.4) is 0 Å². The third-order valence-corrected chi connectivity index (χ3v) is 5.06. The fraction of sp³-hybridized carbons (Fsp3) is 0.200. The number of fused-ring (bicyclic) bond motifs is 2. The summed E-state index contributed by atoms with van der Waals surface area (Å²) in [6, 6.07) is 13.9. The smallest absolute Gasteiger partial charge is 0.170 e. The number of ketones is 1. The van der Waals surface area contributed by atoms with Crippen LogP contribution in [0.25, 0.3) is 11.3 Å². The van der Waals surface area contributed by atoms with Gasteiger partial charge in [0.05, 0.1) is 16.9 Å². The van der Waals surface area contributed by atoms with Crippen molar-refractivity contribution in [3.05, 3.63) is 66.1 Å². The summed E-state index contributed by atoms with van der Waals surface area (Å²) in [5, 5.41) is 3.48. The normalized spacial score (nSPS) is 21.1. The Labute approximate surface area is 139 Å². The SMILES string of the molecule is O=C1c2c([nH]c(-c3ccncc3)c2Nc2ccccc2)CC2C[C@H]12. The van der Waals surface area contributed by atoms with Crippen molar-refractivity contribution in [3.8, 4) is 11.3 Å². The number of para-hydroxylation sites is 1. The molecule has 5 rings (SSSR count). The number of anilines is 2. The molecule has 1 fully saturated rings. The van der Waals surface area contributed by atoms with E-state index in [0.29, 0.717) is 5.92 Å². The quantitative estimate of drug-likeness (QED) is 0.762. The predicted molar refractivity (Wildman–Crippen MR) is 93.4 cm³/mol. The lowest BCUT2D eigenvalue weighted by Crippen LogP contribution is -2.14. The third kappa shape index (κ3) is 2.07. The summed E-state index contributed by atoms with van der Waals surface area (Å²) in [7, 11) is 0. The minimum Gasteiger partial charge on any atom is -0.356 e. The molecule has 3 aromatic rings. The number of aromatic amines is 1. The van der Waals surface area contributed by atoms with Crippen LogP contribution in [0.1, 0.15) is 22.5 Å². The molecule has 0 saturated heterocycles.